The molecule has 0 amide bonds. The predicted molar refractivity (Wildman–Crippen MR) is 64.0 cm³/mol. The first-order chi connectivity index (χ1) is 7.63. The molecule has 0 aliphatic rings. The zero-order valence-electron chi connectivity index (χ0n) is 8.77. The first-order valence-electron chi connectivity index (χ1n) is 4.68. The number of aldehydes is 1. The van der Waals surface area contributed by atoms with Crippen molar-refractivity contribution in [3.05, 3.63) is 41.2 Å². The molecule has 0 aliphatic heterocycles. The lowest BCUT2D eigenvalue weighted by Crippen LogP contribution is -1.88. The minimum Gasteiger partial charge on any atom is -0.298 e. The van der Waals surface area contributed by atoms with E-state index in [1.165, 1.54) is 30.8 Å². The molecule has 0 aromatic heterocycles. The fraction of sp³-hybridized carbons (Fsp3) is 0.167. The molecule has 0 fully saturated rings. The van der Waals surface area contributed by atoms with E-state index in [0.29, 0.717) is 12.0 Å². The minimum absolute atomic E-state index is 0.0429. The normalized spacial score (nSPS) is 10.6. The van der Waals surface area contributed by atoms with Crippen molar-refractivity contribution in [1.82, 2.24) is 0 Å². The van der Waals surface area contributed by atoms with Gasteiger partial charge in [0, 0.05) is 12.7 Å². The third-order valence-electron chi connectivity index (χ3n) is 1.84. The molecule has 1 aromatic rings. The van der Waals surface area contributed by atoms with Crippen molar-refractivity contribution in [2.24, 2.45) is 0 Å². The van der Waals surface area contributed by atoms with Gasteiger partial charge in [0.2, 0.25) is 0 Å². The van der Waals surface area contributed by atoms with Crippen LogP contribution in [0.25, 0.3) is 6.08 Å². The molecule has 84 valence electrons. The third-order valence-corrected chi connectivity index (χ3v) is 2.61. The summed E-state index contributed by atoms with van der Waals surface area (Å²) in [4.78, 5) is 21.1. The highest BCUT2D eigenvalue weighted by atomic mass is 32.2. The molecule has 0 atom stereocenters. The van der Waals surface area contributed by atoms with E-state index in [1.54, 1.807) is 18.2 Å². The second-order valence-corrected chi connectivity index (χ2v) is 4.30. The van der Waals surface area contributed by atoms with Crippen LogP contribution in [-0.4, -0.2) is 17.2 Å². The van der Waals surface area contributed by atoms with E-state index in [-0.39, 0.29) is 10.7 Å². The van der Waals surface area contributed by atoms with Gasteiger partial charge in [0.05, 0.1) is 5.56 Å². The van der Waals surface area contributed by atoms with Crippen LogP contribution in [-0.2, 0) is 4.79 Å². The summed E-state index contributed by atoms with van der Waals surface area (Å²) < 4.78 is 13.0. The van der Waals surface area contributed by atoms with E-state index < -0.39 is 5.82 Å². The van der Waals surface area contributed by atoms with Crippen molar-refractivity contribution in [2.45, 2.75) is 6.92 Å². The lowest BCUT2D eigenvalue weighted by Gasteiger charge is -1.97. The number of thioether (sulfide) groups is 1. The monoisotopic (exact) mass is 238 g/mol. The van der Waals surface area contributed by atoms with Gasteiger partial charge in [-0.2, -0.15) is 0 Å². The quantitative estimate of drug-likeness (QED) is 0.756. The molecule has 0 bridgehead atoms. The second-order valence-electron chi connectivity index (χ2n) is 3.10. The van der Waals surface area contributed by atoms with Gasteiger partial charge in [0.25, 0.3) is 0 Å². The topological polar surface area (TPSA) is 34.1 Å². The molecule has 0 radical (unpaired) electrons. The van der Waals surface area contributed by atoms with Gasteiger partial charge in [-0.25, -0.2) is 4.39 Å². The SMILES string of the molecule is CC(=O)SCC=Cc1ccc(F)c(C=O)c1. The molecule has 0 aliphatic carbocycles. The number of hydrogen-bond acceptors (Lipinski definition) is 3. The van der Waals surface area contributed by atoms with Crippen LogP contribution in [0.5, 0.6) is 0 Å². The molecule has 0 saturated heterocycles. The Bertz CT molecular complexity index is 427. The van der Waals surface area contributed by atoms with Crippen LogP contribution in [0.4, 0.5) is 4.39 Å². The molecule has 0 unspecified atom stereocenters. The highest BCUT2D eigenvalue weighted by Crippen LogP contribution is 2.11. The van der Waals surface area contributed by atoms with Crippen molar-refractivity contribution >= 4 is 29.2 Å². The van der Waals surface area contributed by atoms with E-state index >= 15 is 0 Å². The smallest absolute Gasteiger partial charge is 0.186 e. The Morgan fingerprint density at radius 1 is 1.50 bits per heavy atom. The van der Waals surface area contributed by atoms with Crippen LogP contribution in [0, 0.1) is 5.82 Å². The summed E-state index contributed by atoms with van der Waals surface area (Å²) >= 11 is 1.19. The molecule has 0 heterocycles. The Morgan fingerprint density at radius 3 is 2.88 bits per heavy atom. The van der Waals surface area contributed by atoms with Crippen molar-refractivity contribution in [3.63, 3.8) is 0 Å². The maximum atomic E-state index is 13.0. The summed E-state index contributed by atoms with van der Waals surface area (Å²) in [5.74, 6) is 0.0496. The molecule has 1 rings (SSSR count). The van der Waals surface area contributed by atoms with Crippen LogP contribution < -0.4 is 0 Å². The average molecular weight is 238 g/mol. The Morgan fingerprint density at radius 2 is 2.25 bits per heavy atom. The van der Waals surface area contributed by atoms with E-state index in [9.17, 15) is 14.0 Å². The minimum atomic E-state index is -0.523. The van der Waals surface area contributed by atoms with E-state index in [1.807, 2.05) is 0 Å². The van der Waals surface area contributed by atoms with Gasteiger partial charge in [-0.1, -0.05) is 30.0 Å². The summed E-state index contributed by atoms with van der Waals surface area (Å²) in [6.07, 6.45) is 4.03. The van der Waals surface area contributed by atoms with Gasteiger partial charge in [0.1, 0.15) is 5.82 Å². The average Bonchev–Trinajstić information content (AvgIpc) is 2.26. The number of benzene rings is 1. The molecular weight excluding hydrogens is 227 g/mol. The Labute approximate surface area is 97.5 Å². The first kappa shape index (κ1) is 12.6. The molecule has 2 nitrogen and oxygen atoms in total. The second kappa shape index (κ2) is 6.23. The van der Waals surface area contributed by atoms with Gasteiger partial charge >= 0.3 is 0 Å². The Balaban J connectivity index is 2.67. The van der Waals surface area contributed by atoms with E-state index in [2.05, 4.69) is 0 Å². The summed E-state index contributed by atoms with van der Waals surface area (Å²) in [6.45, 7) is 1.50. The van der Waals surface area contributed by atoms with Crippen LogP contribution >= 0.6 is 11.8 Å². The summed E-state index contributed by atoms with van der Waals surface area (Å²) in [5.41, 5.74) is 0.786. The van der Waals surface area contributed by atoms with Gasteiger partial charge in [0.15, 0.2) is 11.4 Å². The lowest BCUT2D eigenvalue weighted by molar-refractivity contribution is -0.109. The van der Waals surface area contributed by atoms with Crippen molar-refractivity contribution in [3.8, 4) is 0 Å². The number of hydrogen-bond donors (Lipinski definition) is 0. The zero-order valence-corrected chi connectivity index (χ0v) is 9.59. The highest BCUT2D eigenvalue weighted by Gasteiger charge is 2.00. The van der Waals surface area contributed by atoms with Crippen LogP contribution in [0.2, 0.25) is 0 Å². The number of carbonyl (C=O) groups is 2. The lowest BCUT2D eigenvalue weighted by atomic mass is 10.1. The van der Waals surface area contributed by atoms with Gasteiger partial charge in [-0.05, 0) is 17.7 Å². The zero-order chi connectivity index (χ0) is 12.0. The van der Waals surface area contributed by atoms with Crippen LogP contribution in [0.1, 0.15) is 22.8 Å². The molecule has 0 spiro atoms. The van der Waals surface area contributed by atoms with E-state index in [0.717, 1.165) is 5.56 Å². The van der Waals surface area contributed by atoms with Gasteiger partial charge < -0.3 is 0 Å². The highest BCUT2D eigenvalue weighted by molar-refractivity contribution is 8.13. The third kappa shape index (κ3) is 3.98. The first-order valence-corrected chi connectivity index (χ1v) is 5.66. The predicted octanol–water partition coefficient (Wildman–Crippen LogP) is 2.93. The Hall–Kier alpha value is -1.42. The molecule has 1 aromatic carbocycles. The molecular formula is C12H11FO2S. The summed E-state index contributed by atoms with van der Waals surface area (Å²) in [6, 6.07) is 4.30. The maximum Gasteiger partial charge on any atom is 0.186 e. The van der Waals surface area contributed by atoms with Gasteiger partial charge in [-0.15, -0.1) is 0 Å². The maximum absolute atomic E-state index is 13.0. The number of carbonyl (C=O) groups excluding carboxylic acids is 2. The molecule has 0 saturated carbocycles. The molecule has 16 heavy (non-hydrogen) atoms. The Kier molecular flexibility index (Phi) is 4.92. The van der Waals surface area contributed by atoms with E-state index in [4.69, 9.17) is 0 Å². The summed E-state index contributed by atoms with van der Waals surface area (Å²) in [7, 11) is 0. The van der Waals surface area contributed by atoms with Crippen molar-refractivity contribution in [2.75, 3.05) is 5.75 Å². The largest absolute Gasteiger partial charge is 0.298 e. The molecule has 4 heteroatoms. The molecule has 0 N–H and O–H groups in total. The number of halogens is 1. The summed E-state index contributed by atoms with van der Waals surface area (Å²) in [5, 5.41) is 0.0531. The van der Waals surface area contributed by atoms with Crippen LogP contribution in [0.15, 0.2) is 24.3 Å². The van der Waals surface area contributed by atoms with Crippen molar-refractivity contribution in [1.29, 1.82) is 0 Å². The fourth-order valence-electron chi connectivity index (χ4n) is 1.11. The van der Waals surface area contributed by atoms with Gasteiger partial charge in [-0.3, -0.25) is 9.59 Å². The fourth-order valence-corrected chi connectivity index (χ4v) is 1.53. The number of rotatable bonds is 4. The van der Waals surface area contributed by atoms with Crippen molar-refractivity contribution < 1.29 is 14.0 Å². The van der Waals surface area contributed by atoms with Crippen LogP contribution in [0.3, 0.4) is 0 Å². The standard InChI is InChI=1S/C12H11FO2S/c1-9(15)16-6-2-3-10-4-5-12(13)11(7-10)8-14/h2-5,7-8H,6H2,1H3.